The number of cyclic esters (lactones) is 1. The SMILES string of the molecule is CC[C@H]1OC(=O)[C@@](C)(F)C(=O)[C@H](C)[C@@H](O[C@@H]2O[C@H](C)C[C@H](NC(C)=O)[C@@H]2O)[C@](C)(OC)C[C@@H](C)C(=O)[C@H](C)C2N(CCCCn3cnc(-c4cccnc4)c3)C(=O)O[C@@]21C. The van der Waals surface area contributed by atoms with E-state index >= 15 is 4.39 Å². The van der Waals surface area contributed by atoms with Crippen LogP contribution in [0.2, 0.25) is 0 Å². The second-order valence-electron chi connectivity index (χ2n) is 17.3. The molecule has 3 fully saturated rings. The molecule has 5 heterocycles. The number of pyridine rings is 1. The molecule has 2 amide bonds. The smallest absolute Gasteiger partial charge is 0.410 e. The molecule has 0 aromatic carbocycles. The summed E-state index contributed by atoms with van der Waals surface area (Å²) in [6.07, 6.45) is 1.80. The van der Waals surface area contributed by atoms with Crippen molar-refractivity contribution in [3.63, 3.8) is 0 Å². The van der Waals surface area contributed by atoms with Crippen molar-refractivity contribution in [1.29, 1.82) is 0 Å². The molecule has 0 spiro atoms. The number of aryl methyl sites for hydroxylation is 1. The third-order valence-corrected chi connectivity index (χ3v) is 12.6. The first-order valence-electron chi connectivity index (χ1n) is 20.9. The van der Waals surface area contributed by atoms with Crippen LogP contribution in [0.5, 0.6) is 0 Å². The van der Waals surface area contributed by atoms with Crippen LogP contribution in [-0.2, 0) is 49.4 Å². The van der Waals surface area contributed by atoms with Gasteiger partial charge in [-0.15, -0.1) is 0 Å². The number of nitrogens with zero attached hydrogens (tertiary/aromatic N) is 4. The lowest BCUT2D eigenvalue weighted by atomic mass is 9.73. The number of aliphatic hydroxyl groups is 1. The summed E-state index contributed by atoms with van der Waals surface area (Å²) in [6.45, 7) is 14.3. The van der Waals surface area contributed by atoms with Crippen molar-refractivity contribution in [2.75, 3.05) is 13.7 Å². The maximum atomic E-state index is 16.9. The average molecular weight is 844 g/mol. The minimum absolute atomic E-state index is 0.0583. The molecule has 0 radical (unpaired) electrons. The fourth-order valence-corrected chi connectivity index (χ4v) is 9.35. The molecule has 2 aromatic rings. The largest absolute Gasteiger partial charge is 0.455 e. The quantitative estimate of drug-likeness (QED) is 0.181. The van der Waals surface area contributed by atoms with Crippen molar-refractivity contribution in [3.8, 4) is 11.3 Å². The number of esters is 1. The lowest BCUT2D eigenvalue weighted by molar-refractivity contribution is -0.290. The molecule has 2 N–H and O–H groups in total. The standard InChI is InChI=1S/C43H62FN5O11/c1-11-32-43(9)35(49(40(55)60-43)18-13-12-17-48-22-31(46-23-48)29-15-14-16-45-21-29)26(4)33(51)24(2)20-41(7,56-10)37(27(5)36(53)42(8,44)39(54)58-32)59-38-34(52)30(47-28(6)50)19-25(3)57-38/h14-16,21-27,30,32,34-35,37-38,52H,11-13,17-20H2,1-10H3,(H,47,50)/t24-,25-,26+,27+,30+,32-,34+,35?,37-,38+,41-,42+,43-/m1/s1. The first-order chi connectivity index (χ1) is 28.2. The van der Waals surface area contributed by atoms with Crippen LogP contribution in [-0.4, -0.2) is 127 Å². The predicted molar refractivity (Wildman–Crippen MR) is 215 cm³/mol. The number of rotatable bonds is 11. The first kappa shape index (κ1) is 46.7. The molecule has 3 aliphatic heterocycles. The number of halogens is 1. The molecule has 3 aliphatic rings. The zero-order valence-corrected chi connectivity index (χ0v) is 36.4. The molecule has 0 aliphatic carbocycles. The lowest BCUT2D eigenvalue weighted by Gasteiger charge is -2.46. The van der Waals surface area contributed by atoms with Crippen molar-refractivity contribution in [2.45, 2.75) is 161 Å². The third-order valence-electron chi connectivity index (χ3n) is 12.6. The molecule has 60 heavy (non-hydrogen) atoms. The summed E-state index contributed by atoms with van der Waals surface area (Å²) in [4.78, 5) is 78.8. The summed E-state index contributed by atoms with van der Waals surface area (Å²) >= 11 is 0. The Morgan fingerprint density at radius 3 is 2.42 bits per heavy atom. The van der Waals surface area contributed by atoms with Crippen LogP contribution < -0.4 is 5.32 Å². The predicted octanol–water partition coefficient (Wildman–Crippen LogP) is 4.60. The van der Waals surface area contributed by atoms with Gasteiger partial charge in [0.25, 0.3) is 5.67 Å². The number of methoxy groups -OCH3 is 1. The van der Waals surface area contributed by atoms with Crippen LogP contribution >= 0.6 is 0 Å². The zero-order chi connectivity index (χ0) is 44.3. The average Bonchev–Trinajstić information content (AvgIpc) is 3.78. The van der Waals surface area contributed by atoms with Gasteiger partial charge in [0.15, 0.2) is 17.7 Å². The number of carbonyl (C=O) groups is 5. The molecular formula is C43H62FN5O11. The normalized spacial score (nSPS) is 36.9. The summed E-state index contributed by atoms with van der Waals surface area (Å²) in [7, 11) is 1.36. The van der Waals surface area contributed by atoms with Gasteiger partial charge >= 0.3 is 12.1 Å². The van der Waals surface area contributed by atoms with Crippen molar-refractivity contribution in [2.24, 2.45) is 17.8 Å². The van der Waals surface area contributed by atoms with E-state index in [0.717, 1.165) is 18.2 Å². The molecule has 0 bridgehead atoms. The number of ether oxygens (including phenoxy) is 5. The van der Waals surface area contributed by atoms with Crippen LogP contribution in [0.1, 0.15) is 94.4 Å². The van der Waals surface area contributed by atoms with E-state index in [-0.39, 0.29) is 37.5 Å². The van der Waals surface area contributed by atoms with E-state index in [2.05, 4.69) is 15.3 Å². The Labute approximate surface area is 351 Å². The number of alkyl halides is 1. The number of amides is 2. The van der Waals surface area contributed by atoms with Gasteiger partial charge in [-0.2, -0.15) is 0 Å². The number of ketones is 2. The molecular weight excluding hydrogens is 781 g/mol. The number of nitrogens with one attached hydrogen (secondary N) is 1. The monoisotopic (exact) mass is 843 g/mol. The van der Waals surface area contributed by atoms with E-state index in [1.54, 1.807) is 60.3 Å². The Morgan fingerprint density at radius 2 is 1.78 bits per heavy atom. The van der Waals surface area contributed by atoms with E-state index < -0.39 is 95.3 Å². The number of Topliss-reactive ketones (excluding diaryl/α,β-unsaturated/α-hetero) is 2. The molecule has 0 saturated carbocycles. The lowest BCUT2D eigenvalue weighted by Crippen LogP contribution is -2.62. The van der Waals surface area contributed by atoms with Crippen molar-refractivity contribution in [3.05, 3.63) is 37.1 Å². The third kappa shape index (κ3) is 9.58. The Bertz CT molecular complexity index is 1860. The van der Waals surface area contributed by atoms with Crippen LogP contribution in [0, 0.1) is 17.8 Å². The minimum Gasteiger partial charge on any atom is -0.455 e. The van der Waals surface area contributed by atoms with Gasteiger partial charge < -0.3 is 43.6 Å². The second kappa shape index (κ2) is 18.7. The summed E-state index contributed by atoms with van der Waals surface area (Å²) < 4.78 is 49.1. The Kier molecular flexibility index (Phi) is 14.6. The Hall–Kier alpha value is -4.32. The number of hydrogen-bond acceptors (Lipinski definition) is 13. The highest BCUT2D eigenvalue weighted by atomic mass is 19.1. The van der Waals surface area contributed by atoms with Gasteiger partial charge in [0.1, 0.15) is 18.0 Å². The summed E-state index contributed by atoms with van der Waals surface area (Å²) in [5.74, 6) is -6.46. The van der Waals surface area contributed by atoms with E-state index in [4.69, 9.17) is 23.7 Å². The van der Waals surface area contributed by atoms with E-state index in [1.165, 1.54) is 25.9 Å². The number of imidazole rings is 1. The van der Waals surface area contributed by atoms with Gasteiger partial charge in [-0.25, -0.2) is 19.0 Å². The number of unbranched alkanes of at least 4 members (excludes halogenated alkanes) is 1. The number of carbonyl (C=O) groups excluding carboxylic acids is 5. The van der Waals surface area contributed by atoms with Crippen LogP contribution in [0.15, 0.2) is 37.1 Å². The van der Waals surface area contributed by atoms with Crippen molar-refractivity contribution >= 4 is 29.5 Å². The van der Waals surface area contributed by atoms with Gasteiger partial charge in [-0.1, -0.05) is 27.7 Å². The Balaban J connectivity index is 1.46. The summed E-state index contributed by atoms with van der Waals surface area (Å²) in [6, 6.07) is 2.03. The van der Waals surface area contributed by atoms with Gasteiger partial charge in [0.2, 0.25) is 5.91 Å². The highest BCUT2D eigenvalue weighted by Gasteiger charge is 2.61. The highest BCUT2D eigenvalue weighted by molar-refractivity contribution is 6.08. The Morgan fingerprint density at radius 1 is 1.08 bits per heavy atom. The van der Waals surface area contributed by atoms with Crippen LogP contribution in [0.25, 0.3) is 11.3 Å². The van der Waals surface area contributed by atoms with E-state index in [9.17, 15) is 29.1 Å². The van der Waals surface area contributed by atoms with E-state index in [0.29, 0.717) is 19.4 Å². The van der Waals surface area contributed by atoms with Crippen LogP contribution in [0.3, 0.4) is 0 Å². The second-order valence-corrected chi connectivity index (χ2v) is 17.3. The molecule has 5 rings (SSSR count). The molecule has 3 saturated heterocycles. The van der Waals surface area contributed by atoms with Crippen molar-refractivity contribution in [1.82, 2.24) is 24.8 Å². The van der Waals surface area contributed by atoms with Crippen molar-refractivity contribution < 1.29 is 57.2 Å². The molecule has 17 heteroatoms. The van der Waals surface area contributed by atoms with Gasteiger partial charge in [0, 0.05) is 69.0 Å². The topological polar surface area (TPSA) is 198 Å². The first-order valence-corrected chi connectivity index (χ1v) is 20.9. The van der Waals surface area contributed by atoms with Gasteiger partial charge in [-0.3, -0.25) is 19.4 Å². The summed E-state index contributed by atoms with van der Waals surface area (Å²) in [5.41, 5.74) is -4.71. The van der Waals surface area contributed by atoms with E-state index in [1.807, 2.05) is 22.9 Å². The molecule has 332 valence electrons. The highest BCUT2D eigenvalue weighted by Crippen LogP contribution is 2.43. The number of hydrogen-bond donors (Lipinski definition) is 2. The fraction of sp³-hybridized carbons (Fsp3) is 0.698. The molecule has 2 aromatic heterocycles. The summed E-state index contributed by atoms with van der Waals surface area (Å²) in [5, 5.41) is 14.0. The van der Waals surface area contributed by atoms with Crippen LogP contribution in [0.4, 0.5) is 9.18 Å². The molecule has 13 atom stereocenters. The zero-order valence-electron chi connectivity index (χ0n) is 36.4. The minimum atomic E-state index is -3.23. The molecule has 16 nitrogen and oxygen atoms in total. The number of aromatic nitrogens is 3. The number of fused-ring (bicyclic) bond motifs is 1. The maximum Gasteiger partial charge on any atom is 0.410 e. The maximum absolute atomic E-state index is 16.9. The van der Waals surface area contributed by atoms with Gasteiger partial charge in [-0.05, 0) is 71.9 Å². The van der Waals surface area contributed by atoms with Gasteiger partial charge in [0.05, 0.1) is 41.9 Å². The fourth-order valence-electron chi connectivity index (χ4n) is 9.35. The molecule has 1 unspecified atom stereocenters. The number of aliphatic hydroxyl groups excluding tert-OH is 1.